The van der Waals surface area contributed by atoms with E-state index in [1.165, 1.54) is 18.4 Å². The van der Waals surface area contributed by atoms with Gasteiger partial charge in [0.25, 0.3) is 0 Å². The average Bonchev–Trinajstić information content (AvgIpc) is 2.01. The van der Waals surface area contributed by atoms with Crippen molar-refractivity contribution in [3.8, 4) is 0 Å². The van der Waals surface area contributed by atoms with Crippen molar-refractivity contribution in [1.82, 2.24) is 0 Å². The van der Waals surface area contributed by atoms with Gasteiger partial charge >= 0.3 is 0 Å². The summed E-state index contributed by atoms with van der Waals surface area (Å²) >= 11 is 0. The molecule has 0 radical (unpaired) electrons. The highest BCUT2D eigenvalue weighted by Gasteiger charge is 1.88. The highest BCUT2D eigenvalue weighted by atomic mass is 19.1. The number of hydrogen-bond donors (Lipinski definition) is 0. The van der Waals surface area contributed by atoms with Crippen LogP contribution in [0.15, 0.2) is 30.5 Å². The van der Waals surface area contributed by atoms with Crippen LogP contribution in [-0.2, 0) is 4.74 Å². The number of ether oxygens (including phenoxy) is 1. The predicted molar refractivity (Wildman–Crippen MR) is 42.4 cm³/mol. The molecule has 58 valence electrons. The molecule has 0 saturated carbocycles. The van der Waals surface area contributed by atoms with Crippen LogP contribution in [0.3, 0.4) is 0 Å². The number of benzene rings is 1. The van der Waals surface area contributed by atoms with E-state index in [4.69, 9.17) is 0 Å². The molecule has 0 bridgehead atoms. The summed E-state index contributed by atoms with van der Waals surface area (Å²) in [6.07, 6.45) is 3.21. The Morgan fingerprint density at radius 1 is 1.45 bits per heavy atom. The van der Waals surface area contributed by atoms with Gasteiger partial charge in [0.15, 0.2) is 0 Å². The molecule has 0 N–H and O–H groups in total. The van der Waals surface area contributed by atoms with Crippen LogP contribution in [0.4, 0.5) is 4.39 Å². The Morgan fingerprint density at radius 3 is 2.91 bits per heavy atom. The van der Waals surface area contributed by atoms with Crippen LogP contribution in [0.1, 0.15) is 5.56 Å². The topological polar surface area (TPSA) is 9.23 Å². The molecule has 0 unspecified atom stereocenters. The van der Waals surface area contributed by atoms with Gasteiger partial charge in [-0.2, -0.15) is 0 Å². The van der Waals surface area contributed by atoms with Crippen molar-refractivity contribution in [2.75, 3.05) is 7.11 Å². The van der Waals surface area contributed by atoms with Crippen molar-refractivity contribution in [3.63, 3.8) is 0 Å². The van der Waals surface area contributed by atoms with Gasteiger partial charge in [0, 0.05) is 0 Å². The zero-order valence-electron chi connectivity index (χ0n) is 6.25. The van der Waals surface area contributed by atoms with Crippen LogP contribution in [0.25, 0.3) is 6.08 Å². The minimum absolute atomic E-state index is 0.233. The summed E-state index contributed by atoms with van der Waals surface area (Å²) in [6, 6.07) is 6.31. The summed E-state index contributed by atoms with van der Waals surface area (Å²) in [6.45, 7) is 0. The maximum Gasteiger partial charge on any atom is 0.123 e. The van der Waals surface area contributed by atoms with E-state index in [0.717, 1.165) is 5.56 Å². The molecule has 0 amide bonds. The quantitative estimate of drug-likeness (QED) is 0.591. The van der Waals surface area contributed by atoms with E-state index in [-0.39, 0.29) is 5.82 Å². The summed E-state index contributed by atoms with van der Waals surface area (Å²) in [5, 5.41) is 0. The Hall–Kier alpha value is -1.31. The normalized spacial score (nSPS) is 10.4. The Morgan fingerprint density at radius 2 is 2.27 bits per heavy atom. The van der Waals surface area contributed by atoms with E-state index < -0.39 is 0 Å². The summed E-state index contributed by atoms with van der Waals surface area (Å²) in [4.78, 5) is 0. The summed E-state index contributed by atoms with van der Waals surface area (Å²) in [5.74, 6) is -0.233. The zero-order chi connectivity index (χ0) is 8.10. The largest absolute Gasteiger partial charge is 0.504 e. The molecule has 0 aliphatic rings. The first-order chi connectivity index (χ1) is 5.33. The Labute approximate surface area is 65.1 Å². The number of halogens is 1. The molecule has 11 heavy (non-hydrogen) atoms. The van der Waals surface area contributed by atoms with E-state index in [2.05, 4.69) is 4.74 Å². The smallest absolute Gasteiger partial charge is 0.123 e. The fourth-order valence-electron chi connectivity index (χ4n) is 0.757. The van der Waals surface area contributed by atoms with Gasteiger partial charge in [-0.1, -0.05) is 12.1 Å². The van der Waals surface area contributed by atoms with E-state index in [1.807, 2.05) is 0 Å². The van der Waals surface area contributed by atoms with Gasteiger partial charge in [-0.15, -0.1) is 0 Å². The van der Waals surface area contributed by atoms with Gasteiger partial charge in [-0.25, -0.2) is 4.39 Å². The third-order valence-electron chi connectivity index (χ3n) is 1.25. The van der Waals surface area contributed by atoms with E-state index in [0.29, 0.717) is 0 Å². The molecule has 1 nitrogen and oxygen atoms in total. The first kappa shape index (κ1) is 7.79. The molecular weight excluding hydrogens is 143 g/mol. The second kappa shape index (κ2) is 3.76. The van der Waals surface area contributed by atoms with Crippen molar-refractivity contribution in [2.45, 2.75) is 0 Å². The second-order valence-corrected chi connectivity index (χ2v) is 2.09. The lowest BCUT2D eigenvalue weighted by atomic mass is 10.2. The van der Waals surface area contributed by atoms with Crippen LogP contribution in [-0.4, -0.2) is 7.11 Å². The SMILES string of the molecule is COC=Cc1cccc(F)c1. The summed E-state index contributed by atoms with van der Waals surface area (Å²) < 4.78 is 17.2. The van der Waals surface area contributed by atoms with Gasteiger partial charge in [0.1, 0.15) is 5.82 Å². The third kappa shape index (κ3) is 2.42. The maximum atomic E-state index is 12.5. The maximum absolute atomic E-state index is 12.5. The molecule has 1 aromatic carbocycles. The molecule has 0 spiro atoms. The number of hydrogen-bond acceptors (Lipinski definition) is 1. The van der Waals surface area contributed by atoms with Crippen molar-refractivity contribution in [2.24, 2.45) is 0 Å². The molecule has 0 aromatic heterocycles. The van der Waals surface area contributed by atoms with Crippen LogP contribution in [0, 0.1) is 5.82 Å². The first-order valence-electron chi connectivity index (χ1n) is 3.28. The molecule has 0 heterocycles. The molecule has 0 saturated heterocycles. The van der Waals surface area contributed by atoms with Crippen LogP contribution >= 0.6 is 0 Å². The second-order valence-electron chi connectivity index (χ2n) is 2.09. The summed E-state index contributed by atoms with van der Waals surface area (Å²) in [5.41, 5.74) is 0.798. The lowest BCUT2D eigenvalue weighted by Crippen LogP contribution is -1.75. The van der Waals surface area contributed by atoms with Crippen molar-refractivity contribution >= 4 is 6.08 Å². The fourth-order valence-corrected chi connectivity index (χ4v) is 0.757. The highest BCUT2D eigenvalue weighted by Crippen LogP contribution is 2.04. The van der Waals surface area contributed by atoms with Crippen LogP contribution < -0.4 is 0 Å². The van der Waals surface area contributed by atoms with Crippen LogP contribution in [0.2, 0.25) is 0 Å². The minimum atomic E-state index is -0.233. The van der Waals surface area contributed by atoms with E-state index in [9.17, 15) is 4.39 Å². The van der Waals surface area contributed by atoms with Gasteiger partial charge < -0.3 is 4.74 Å². The van der Waals surface area contributed by atoms with Crippen molar-refractivity contribution < 1.29 is 9.13 Å². The number of methoxy groups -OCH3 is 1. The predicted octanol–water partition coefficient (Wildman–Crippen LogP) is 2.44. The Kier molecular flexibility index (Phi) is 2.66. The molecule has 1 rings (SSSR count). The van der Waals surface area contributed by atoms with Gasteiger partial charge in [0.05, 0.1) is 13.4 Å². The van der Waals surface area contributed by atoms with E-state index >= 15 is 0 Å². The summed E-state index contributed by atoms with van der Waals surface area (Å²) in [7, 11) is 1.55. The molecular formula is C9H9FO. The van der Waals surface area contributed by atoms with Crippen LogP contribution in [0.5, 0.6) is 0 Å². The van der Waals surface area contributed by atoms with Gasteiger partial charge in [-0.3, -0.25) is 0 Å². The lowest BCUT2D eigenvalue weighted by Gasteiger charge is -1.92. The van der Waals surface area contributed by atoms with Gasteiger partial charge in [0.2, 0.25) is 0 Å². The first-order valence-corrected chi connectivity index (χ1v) is 3.28. The van der Waals surface area contributed by atoms with Gasteiger partial charge in [-0.05, 0) is 23.8 Å². The highest BCUT2D eigenvalue weighted by molar-refractivity contribution is 5.47. The molecule has 1 aromatic rings. The Balaban J connectivity index is 2.79. The fraction of sp³-hybridized carbons (Fsp3) is 0.111. The lowest BCUT2D eigenvalue weighted by molar-refractivity contribution is 0.341. The minimum Gasteiger partial charge on any atom is -0.504 e. The number of rotatable bonds is 2. The standard InChI is InChI=1S/C9H9FO/c1-11-6-5-8-3-2-4-9(10)7-8/h2-7H,1H3. The van der Waals surface area contributed by atoms with E-state index in [1.54, 1.807) is 25.3 Å². The molecule has 2 heteroatoms. The zero-order valence-corrected chi connectivity index (χ0v) is 6.25. The molecule has 0 aliphatic heterocycles. The monoisotopic (exact) mass is 152 g/mol. The molecule has 0 fully saturated rings. The van der Waals surface area contributed by atoms with Crippen molar-refractivity contribution in [1.29, 1.82) is 0 Å². The Bertz CT molecular complexity index is 255. The molecule has 0 aliphatic carbocycles. The average molecular weight is 152 g/mol. The van der Waals surface area contributed by atoms with Crippen molar-refractivity contribution in [3.05, 3.63) is 41.9 Å². The third-order valence-corrected chi connectivity index (χ3v) is 1.25. The molecule has 0 atom stereocenters.